The van der Waals surface area contributed by atoms with Crippen LogP contribution in [0, 0.1) is 0 Å². The summed E-state index contributed by atoms with van der Waals surface area (Å²) in [6.45, 7) is 4.95. The van der Waals surface area contributed by atoms with Crippen LogP contribution in [0.25, 0.3) is 0 Å². The van der Waals surface area contributed by atoms with E-state index in [2.05, 4.69) is 15.6 Å². The van der Waals surface area contributed by atoms with Gasteiger partial charge >= 0.3 is 6.09 Å². The summed E-state index contributed by atoms with van der Waals surface area (Å²) in [7, 11) is 0. The molecule has 0 fully saturated rings. The molecule has 0 aliphatic heterocycles. The molecule has 0 spiro atoms. The lowest BCUT2D eigenvalue weighted by Crippen LogP contribution is -2.46. The van der Waals surface area contributed by atoms with E-state index < -0.39 is 23.6 Å². The third-order valence-corrected chi connectivity index (χ3v) is 2.78. The van der Waals surface area contributed by atoms with Gasteiger partial charge in [0, 0.05) is 18.2 Å². The van der Waals surface area contributed by atoms with Crippen molar-refractivity contribution < 1.29 is 19.4 Å². The highest BCUT2D eigenvalue weighted by Gasteiger charge is 2.24. The zero-order valence-electron chi connectivity index (χ0n) is 11.7. The van der Waals surface area contributed by atoms with Crippen LogP contribution in [0.4, 0.5) is 9.93 Å². The molecular weight excluding hydrogens is 282 g/mol. The van der Waals surface area contributed by atoms with E-state index in [1.165, 1.54) is 11.3 Å². The SMILES string of the molecule is CC(C)(C)OC(=O)N[C@@H](CCO)C(=O)Nc1nccs1. The Kier molecular flexibility index (Phi) is 5.90. The number of carbonyl (C=O) groups excluding carboxylic acids is 2. The molecule has 0 aromatic carbocycles. The van der Waals surface area contributed by atoms with Crippen molar-refractivity contribution in [2.45, 2.75) is 38.8 Å². The van der Waals surface area contributed by atoms with E-state index in [1.54, 1.807) is 32.3 Å². The molecule has 1 aromatic heterocycles. The highest BCUT2D eigenvalue weighted by Crippen LogP contribution is 2.12. The fourth-order valence-corrected chi connectivity index (χ4v) is 1.86. The van der Waals surface area contributed by atoms with Crippen molar-refractivity contribution in [3.8, 4) is 0 Å². The number of ether oxygens (including phenoxy) is 1. The summed E-state index contributed by atoms with van der Waals surface area (Å²) in [5.74, 6) is -0.445. The maximum absolute atomic E-state index is 12.0. The van der Waals surface area contributed by atoms with Crippen LogP contribution in [0.15, 0.2) is 11.6 Å². The van der Waals surface area contributed by atoms with Gasteiger partial charge in [-0.05, 0) is 27.2 Å². The van der Waals surface area contributed by atoms with Crippen LogP contribution in [0.2, 0.25) is 0 Å². The minimum absolute atomic E-state index is 0.0937. The summed E-state index contributed by atoms with van der Waals surface area (Å²) < 4.78 is 5.08. The second-order valence-electron chi connectivity index (χ2n) is 5.04. The summed E-state index contributed by atoms with van der Waals surface area (Å²) in [5, 5.41) is 16.1. The number of carbonyl (C=O) groups is 2. The minimum Gasteiger partial charge on any atom is -0.444 e. The highest BCUT2D eigenvalue weighted by atomic mass is 32.1. The molecular formula is C12H19N3O4S. The molecule has 7 nitrogen and oxygen atoms in total. The van der Waals surface area contributed by atoms with E-state index in [1.807, 2.05) is 0 Å². The number of nitrogens with zero attached hydrogens (tertiary/aromatic N) is 1. The molecule has 0 bridgehead atoms. The first kappa shape index (κ1) is 16.4. The molecule has 0 aliphatic rings. The first-order valence-corrected chi connectivity index (χ1v) is 7.00. The lowest BCUT2D eigenvalue weighted by molar-refractivity contribution is -0.118. The molecule has 1 atom stereocenters. The molecule has 0 unspecified atom stereocenters. The minimum atomic E-state index is -0.876. The van der Waals surface area contributed by atoms with Crippen LogP contribution < -0.4 is 10.6 Å². The number of amides is 2. The third kappa shape index (κ3) is 5.98. The van der Waals surface area contributed by atoms with Crippen molar-refractivity contribution in [3.05, 3.63) is 11.6 Å². The van der Waals surface area contributed by atoms with E-state index in [9.17, 15) is 9.59 Å². The molecule has 0 saturated carbocycles. The molecule has 8 heteroatoms. The largest absolute Gasteiger partial charge is 0.444 e. The number of aliphatic hydroxyl groups is 1. The molecule has 2 amide bonds. The molecule has 3 N–H and O–H groups in total. The summed E-state index contributed by atoms with van der Waals surface area (Å²) in [6.07, 6.45) is 0.948. The Hall–Kier alpha value is -1.67. The maximum Gasteiger partial charge on any atom is 0.408 e. The van der Waals surface area contributed by atoms with Crippen molar-refractivity contribution in [2.75, 3.05) is 11.9 Å². The van der Waals surface area contributed by atoms with Crippen molar-refractivity contribution in [3.63, 3.8) is 0 Å². The highest BCUT2D eigenvalue weighted by molar-refractivity contribution is 7.13. The summed E-state index contributed by atoms with van der Waals surface area (Å²) in [5.41, 5.74) is -0.653. The Balaban J connectivity index is 2.59. The van der Waals surface area contributed by atoms with Crippen molar-refractivity contribution >= 4 is 28.5 Å². The van der Waals surface area contributed by atoms with Crippen molar-refractivity contribution in [2.24, 2.45) is 0 Å². The molecule has 20 heavy (non-hydrogen) atoms. The van der Waals surface area contributed by atoms with Gasteiger partial charge in [0.15, 0.2) is 5.13 Å². The second-order valence-corrected chi connectivity index (χ2v) is 5.93. The normalized spacial score (nSPS) is 12.6. The van der Waals surface area contributed by atoms with E-state index in [-0.39, 0.29) is 13.0 Å². The van der Waals surface area contributed by atoms with E-state index in [0.717, 1.165) is 0 Å². The quantitative estimate of drug-likeness (QED) is 0.762. The van der Waals surface area contributed by atoms with Crippen LogP contribution in [-0.4, -0.2) is 40.3 Å². The molecule has 0 aliphatic carbocycles. The van der Waals surface area contributed by atoms with Crippen LogP contribution >= 0.6 is 11.3 Å². The number of thiazole rings is 1. The number of rotatable bonds is 5. The monoisotopic (exact) mass is 301 g/mol. The third-order valence-electron chi connectivity index (χ3n) is 2.09. The Morgan fingerprint density at radius 2 is 2.20 bits per heavy atom. The molecule has 0 saturated heterocycles. The zero-order chi connectivity index (χ0) is 15.2. The van der Waals surface area contributed by atoms with Gasteiger partial charge in [0.2, 0.25) is 5.91 Å². The standard InChI is InChI=1S/C12H19N3O4S/c1-12(2,3)19-11(18)14-8(4-6-16)9(17)15-10-13-5-7-20-10/h5,7-8,16H,4,6H2,1-3H3,(H,14,18)(H,13,15,17)/t8-/m0/s1. The number of hydrogen-bond donors (Lipinski definition) is 3. The van der Waals surface area contributed by atoms with Gasteiger partial charge in [0.1, 0.15) is 11.6 Å². The first-order valence-electron chi connectivity index (χ1n) is 6.12. The number of anilines is 1. The number of aliphatic hydroxyl groups excluding tert-OH is 1. The Morgan fingerprint density at radius 3 is 2.70 bits per heavy atom. The van der Waals surface area contributed by atoms with Gasteiger partial charge in [0.05, 0.1) is 0 Å². The van der Waals surface area contributed by atoms with Crippen molar-refractivity contribution in [1.29, 1.82) is 0 Å². The van der Waals surface area contributed by atoms with Gasteiger partial charge in [-0.2, -0.15) is 0 Å². The zero-order valence-corrected chi connectivity index (χ0v) is 12.5. The van der Waals surface area contributed by atoms with Crippen LogP contribution in [0.5, 0.6) is 0 Å². The summed E-state index contributed by atoms with van der Waals surface area (Å²) in [4.78, 5) is 27.5. The lowest BCUT2D eigenvalue weighted by atomic mass is 10.2. The first-order chi connectivity index (χ1) is 9.31. The average molecular weight is 301 g/mol. The van der Waals surface area contributed by atoms with Crippen LogP contribution in [0.1, 0.15) is 27.2 Å². The lowest BCUT2D eigenvalue weighted by Gasteiger charge is -2.22. The topological polar surface area (TPSA) is 101 Å². The second kappa shape index (κ2) is 7.20. The number of aromatic nitrogens is 1. The fourth-order valence-electron chi connectivity index (χ4n) is 1.33. The molecule has 1 aromatic rings. The predicted octanol–water partition coefficient (Wildman–Crippen LogP) is 1.36. The van der Waals surface area contributed by atoms with Crippen LogP contribution in [0.3, 0.4) is 0 Å². The number of alkyl carbamates (subject to hydrolysis) is 1. The van der Waals surface area contributed by atoms with Gasteiger partial charge < -0.3 is 20.5 Å². The Bertz CT molecular complexity index is 442. The molecule has 1 rings (SSSR count). The summed E-state index contributed by atoms with van der Waals surface area (Å²) in [6, 6.07) is -0.876. The van der Waals surface area contributed by atoms with E-state index in [4.69, 9.17) is 9.84 Å². The maximum atomic E-state index is 12.0. The van der Waals surface area contributed by atoms with Crippen molar-refractivity contribution in [1.82, 2.24) is 10.3 Å². The molecule has 1 heterocycles. The summed E-state index contributed by atoms with van der Waals surface area (Å²) >= 11 is 1.27. The van der Waals surface area contributed by atoms with Gasteiger partial charge in [-0.3, -0.25) is 4.79 Å². The molecule has 0 radical (unpaired) electrons. The molecule has 112 valence electrons. The van der Waals surface area contributed by atoms with Gasteiger partial charge in [-0.1, -0.05) is 0 Å². The van der Waals surface area contributed by atoms with Crippen LogP contribution in [-0.2, 0) is 9.53 Å². The van der Waals surface area contributed by atoms with E-state index >= 15 is 0 Å². The van der Waals surface area contributed by atoms with Gasteiger partial charge in [-0.25, -0.2) is 9.78 Å². The number of nitrogens with one attached hydrogen (secondary N) is 2. The number of hydrogen-bond acceptors (Lipinski definition) is 6. The smallest absolute Gasteiger partial charge is 0.408 e. The van der Waals surface area contributed by atoms with Gasteiger partial charge in [0.25, 0.3) is 0 Å². The predicted molar refractivity (Wildman–Crippen MR) is 75.6 cm³/mol. The average Bonchev–Trinajstić information content (AvgIpc) is 2.78. The fraction of sp³-hybridized carbons (Fsp3) is 0.583. The van der Waals surface area contributed by atoms with Gasteiger partial charge in [-0.15, -0.1) is 11.3 Å². The van der Waals surface area contributed by atoms with E-state index in [0.29, 0.717) is 5.13 Å². The Labute approximate surface area is 121 Å². The Morgan fingerprint density at radius 1 is 1.50 bits per heavy atom.